The second-order valence-electron chi connectivity index (χ2n) is 3.96. The first kappa shape index (κ1) is 15.6. The predicted octanol–water partition coefficient (Wildman–Crippen LogP) is 3.14. The van der Waals surface area contributed by atoms with E-state index in [9.17, 15) is 22.9 Å². The van der Waals surface area contributed by atoms with Crippen molar-refractivity contribution in [2.75, 3.05) is 4.72 Å². The van der Waals surface area contributed by atoms with E-state index in [-0.39, 0.29) is 0 Å². The Morgan fingerprint density at radius 3 is 2.43 bits per heavy atom. The molecule has 0 radical (unpaired) electrons. The Kier molecular flexibility index (Phi) is 4.42. The van der Waals surface area contributed by atoms with Crippen LogP contribution >= 0.6 is 22.6 Å². The molecule has 0 aromatic heterocycles. The highest BCUT2D eigenvalue weighted by Gasteiger charge is 2.22. The highest BCUT2D eigenvalue weighted by Crippen LogP contribution is 2.24. The summed E-state index contributed by atoms with van der Waals surface area (Å²) >= 11 is 1.93. The van der Waals surface area contributed by atoms with Crippen LogP contribution in [0.4, 0.5) is 15.8 Å². The van der Waals surface area contributed by atoms with Gasteiger partial charge in [-0.1, -0.05) is 12.1 Å². The van der Waals surface area contributed by atoms with Crippen LogP contribution in [0.5, 0.6) is 0 Å². The third-order valence-corrected chi connectivity index (χ3v) is 4.87. The Hall–Kier alpha value is -1.75. The summed E-state index contributed by atoms with van der Waals surface area (Å²) in [6, 6.07) is 8.95. The maximum atomic E-state index is 13.8. The first-order valence-corrected chi connectivity index (χ1v) is 8.09. The fourth-order valence-corrected chi connectivity index (χ4v) is 3.41. The number of sulfonamides is 1. The Morgan fingerprint density at radius 2 is 1.86 bits per heavy atom. The van der Waals surface area contributed by atoms with Gasteiger partial charge in [0.2, 0.25) is 0 Å². The van der Waals surface area contributed by atoms with Crippen molar-refractivity contribution < 1.29 is 17.7 Å². The van der Waals surface area contributed by atoms with Crippen LogP contribution in [0.1, 0.15) is 0 Å². The summed E-state index contributed by atoms with van der Waals surface area (Å²) in [4.78, 5) is 9.08. The normalized spacial score (nSPS) is 11.1. The first-order chi connectivity index (χ1) is 9.81. The Morgan fingerprint density at radius 1 is 1.19 bits per heavy atom. The van der Waals surface area contributed by atoms with Crippen LogP contribution < -0.4 is 4.72 Å². The van der Waals surface area contributed by atoms with Gasteiger partial charge in [0, 0.05) is 9.64 Å². The molecule has 0 saturated carbocycles. The van der Waals surface area contributed by atoms with Gasteiger partial charge < -0.3 is 0 Å². The van der Waals surface area contributed by atoms with E-state index in [4.69, 9.17) is 0 Å². The van der Waals surface area contributed by atoms with Crippen molar-refractivity contribution in [3.63, 3.8) is 0 Å². The summed E-state index contributed by atoms with van der Waals surface area (Å²) in [7, 11) is -4.16. The van der Waals surface area contributed by atoms with Gasteiger partial charge in [0.05, 0.1) is 16.7 Å². The maximum absolute atomic E-state index is 13.8. The van der Waals surface area contributed by atoms with Crippen molar-refractivity contribution in [1.29, 1.82) is 0 Å². The number of rotatable bonds is 4. The summed E-state index contributed by atoms with van der Waals surface area (Å²) in [6.45, 7) is 0. The average Bonchev–Trinajstić information content (AvgIpc) is 2.40. The third kappa shape index (κ3) is 3.47. The molecule has 0 fully saturated rings. The fraction of sp³-hybridized carbons (Fsp3) is 0. The zero-order chi connectivity index (χ0) is 15.6. The highest BCUT2D eigenvalue weighted by molar-refractivity contribution is 14.1. The molecule has 0 bridgehead atoms. The molecule has 0 saturated heterocycles. The summed E-state index contributed by atoms with van der Waals surface area (Å²) < 4.78 is 40.9. The molecule has 2 aromatic carbocycles. The van der Waals surface area contributed by atoms with E-state index in [1.165, 1.54) is 6.07 Å². The average molecular weight is 422 g/mol. The van der Waals surface area contributed by atoms with E-state index in [1.54, 1.807) is 18.2 Å². The largest absolute Gasteiger partial charge is 0.278 e. The highest BCUT2D eigenvalue weighted by atomic mass is 127. The van der Waals surface area contributed by atoms with Crippen molar-refractivity contribution in [2.45, 2.75) is 4.90 Å². The quantitative estimate of drug-likeness (QED) is 0.466. The molecule has 0 spiro atoms. The molecule has 0 heterocycles. The topological polar surface area (TPSA) is 89.3 Å². The second kappa shape index (κ2) is 5.93. The lowest BCUT2D eigenvalue weighted by Gasteiger charge is -2.10. The van der Waals surface area contributed by atoms with Crippen molar-refractivity contribution in [1.82, 2.24) is 0 Å². The molecule has 21 heavy (non-hydrogen) atoms. The van der Waals surface area contributed by atoms with Gasteiger partial charge in [-0.25, -0.2) is 12.8 Å². The molecule has 0 atom stereocenters. The van der Waals surface area contributed by atoms with E-state index >= 15 is 0 Å². The van der Waals surface area contributed by atoms with Crippen LogP contribution in [-0.4, -0.2) is 13.3 Å². The number of anilines is 1. The minimum absolute atomic E-state index is 0.302. The van der Waals surface area contributed by atoms with Crippen LogP contribution in [0, 0.1) is 19.5 Å². The van der Waals surface area contributed by atoms with Crippen LogP contribution in [0.3, 0.4) is 0 Å². The summed E-state index contributed by atoms with van der Waals surface area (Å²) in [6.07, 6.45) is 0. The molecule has 2 rings (SSSR count). The second-order valence-corrected chi connectivity index (χ2v) is 6.77. The molecule has 0 unspecified atom stereocenters. The Bertz CT molecular complexity index is 811. The third-order valence-electron chi connectivity index (χ3n) is 2.53. The summed E-state index contributed by atoms with van der Waals surface area (Å²) in [5, 5.41) is 10.5. The molecule has 0 aliphatic carbocycles. The molecule has 0 aliphatic heterocycles. The number of halogens is 2. The number of nitro benzene ring substituents is 1. The van der Waals surface area contributed by atoms with Gasteiger partial charge in [0.25, 0.3) is 15.7 Å². The number of nitrogens with zero attached hydrogens (tertiary/aromatic N) is 1. The van der Waals surface area contributed by atoms with E-state index in [1.807, 2.05) is 22.6 Å². The monoisotopic (exact) mass is 422 g/mol. The molecule has 2 aromatic rings. The molecule has 0 amide bonds. The zero-order valence-electron chi connectivity index (χ0n) is 10.3. The number of hydrogen-bond donors (Lipinski definition) is 1. The lowest BCUT2D eigenvalue weighted by Crippen LogP contribution is -2.15. The lowest BCUT2D eigenvalue weighted by atomic mass is 10.3. The summed E-state index contributed by atoms with van der Waals surface area (Å²) in [5.41, 5.74) is -0.211. The van der Waals surface area contributed by atoms with Crippen molar-refractivity contribution >= 4 is 44.0 Å². The van der Waals surface area contributed by atoms with Gasteiger partial charge in [-0.05, 0) is 40.8 Å². The Labute approximate surface area is 133 Å². The van der Waals surface area contributed by atoms with Crippen molar-refractivity contribution in [3.8, 4) is 0 Å². The number of hydrogen-bond acceptors (Lipinski definition) is 4. The molecular weight excluding hydrogens is 414 g/mol. The molecule has 110 valence electrons. The molecular formula is C12H8FIN2O4S. The van der Waals surface area contributed by atoms with E-state index in [0.717, 1.165) is 12.1 Å². The minimum Gasteiger partial charge on any atom is -0.278 e. The van der Waals surface area contributed by atoms with Crippen LogP contribution in [0.15, 0.2) is 47.4 Å². The van der Waals surface area contributed by atoms with Gasteiger partial charge in [0.15, 0.2) is 5.82 Å². The van der Waals surface area contributed by atoms with Crippen molar-refractivity contribution in [2.24, 2.45) is 0 Å². The number of benzene rings is 2. The maximum Gasteiger partial charge on any atom is 0.272 e. The smallest absolute Gasteiger partial charge is 0.272 e. The minimum atomic E-state index is -4.16. The lowest BCUT2D eigenvalue weighted by molar-refractivity contribution is -0.385. The van der Waals surface area contributed by atoms with Gasteiger partial charge in [-0.2, -0.15) is 0 Å². The SMILES string of the molecule is O=[N+]([O-])c1ccc(S(=O)(=O)Nc2ccccc2I)c(F)c1. The van der Waals surface area contributed by atoms with Gasteiger partial charge >= 0.3 is 0 Å². The molecule has 1 N–H and O–H groups in total. The van der Waals surface area contributed by atoms with Crippen LogP contribution in [-0.2, 0) is 10.0 Å². The molecule has 9 heteroatoms. The summed E-state index contributed by atoms with van der Waals surface area (Å²) in [5.74, 6) is -1.18. The van der Waals surface area contributed by atoms with E-state index in [2.05, 4.69) is 4.72 Å². The van der Waals surface area contributed by atoms with Crippen molar-refractivity contribution in [3.05, 3.63) is 62.0 Å². The number of para-hydroxylation sites is 1. The zero-order valence-corrected chi connectivity index (χ0v) is 13.3. The molecule has 6 nitrogen and oxygen atoms in total. The van der Waals surface area contributed by atoms with Crippen LogP contribution in [0.2, 0.25) is 0 Å². The van der Waals surface area contributed by atoms with E-state index in [0.29, 0.717) is 15.3 Å². The van der Waals surface area contributed by atoms with Gasteiger partial charge in [-0.15, -0.1) is 0 Å². The number of nitro groups is 1. The van der Waals surface area contributed by atoms with Crippen LogP contribution in [0.25, 0.3) is 0 Å². The van der Waals surface area contributed by atoms with Gasteiger partial charge in [-0.3, -0.25) is 14.8 Å². The first-order valence-electron chi connectivity index (χ1n) is 5.52. The van der Waals surface area contributed by atoms with Gasteiger partial charge in [0.1, 0.15) is 4.90 Å². The Balaban J connectivity index is 2.41. The van der Waals surface area contributed by atoms with E-state index < -0.39 is 31.3 Å². The molecule has 0 aliphatic rings. The predicted molar refractivity (Wildman–Crippen MR) is 83.0 cm³/mol. The number of non-ortho nitro benzene ring substituents is 1. The fourth-order valence-electron chi connectivity index (χ4n) is 1.56. The standard InChI is InChI=1S/C12H8FIN2O4S/c13-9-7-8(16(17)18)5-6-12(9)21(19,20)15-11-4-2-1-3-10(11)14/h1-7,15H. The number of nitrogens with one attached hydrogen (secondary N) is 1.